The first-order valence-corrected chi connectivity index (χ1v) is 52.1. The molecule has 0 spiro atoms. The van der Waals surface area contributed by atoms with Crippen LogP contribution in [0.5, 0.6) is 0 Å². The number of aliphatic hydroxyl groups is 3. The average Bonchev–Trinajstić information content (AvgIpc) is 1.74. The van der Waals surface area contributed by atoms with E-state index in [0.29, 0.717) is 159 Å². The van der Waals surface area contributed by atoms with Crippen molar-refractivity contribution >= 4 is 205 Å². The Bertz CT molecular complexity index is 5390. The molecule has 0 atom stereocenters. The summed E-state index contributed by atoms with van der Waals surface area (Å²) in [4.78, 5) is 28.0. The summed E-state index contributed by atoms with van der Waals surface area (Å²) in [6.45, 7) is 12.2. The number of unbranched alkanes of at least 4 members (excludes halogenated alkanes) is 1. The number of hydrogen-bond donors (Lipinski definition) is 4. The second-order valence-electron chi connectivity index (χ2n) is 28.9. The maximum absolute atomic E-state index is 13.0. The topological polar surface area (TPSA) is 198 Å². The van der Waals surface area contributed by atoms with Gasteiger partial charge in [0, 0.05) is 149 Å². The molecule has 0 saturated heterocycles. The van der Waals surface area contributed by atoms with Crippen LogP contribution in [0.4, 0.5) is 96.0 Å². The fourth-order valence-electron chi connectivity index (χ4n) is 11.4. The fourth-order valence-corrected chi connectivity index (χ4v) is 16.2. The molecule has 0 bridgehead atoms. The summed E-state index contributed by atoms with van der Waals surface area (Å²) in [5.41, 5.74) is 6.07. The number of benzene rings is 8. The van der Waals surface area contributed by atoms with Crippen molar-refractivity contribution in [3.05, 3.63) is 258 Å². The number of nitrogens with zero attached hydrogens (tertiary/aromatic N) is 10. The van der Waals surface area contributed by atoms with Crippen LogP contribution in [0.15, 0.2) is 216 Å². The predicted molar refractivity (Wildman–Crippen MR) is 553 cm³/mol. The number of nitriles is 1. The van der Waals surface area contributed by atoms with Crippen molar-refractivity contribution in [3.8, 4) is 51.1 Å². The molecule has 8 aromatic carbocycles. The van der Waals surface area contributed by atoms with Gasteiger partial charge in [0.2, 0.25) is 0 Å². The summed E-state index contributed by atoms with van der Waals surface area (Å²) in [6, 6.07) is 51.1. The van der Waals surface area contributed by atoms with Gasteiger partial charge in [0.1, 0.15) is 13.1 Å². The maximum atomic E-state index is 13.0. The molecule has 750 valence electrons. The van der Waals surface area contributed by atoms with Crippen LogP contribution >= 0.6 is 162 Å². The molecule has 138 heavy (non-hydrogen) atoms. The molecular weight excluding hydrogens is 2410 g/mol. The van der Waals surface area contributed by atoms with E-state index in [1.165, 1.54) is 101 Å². The van der Waals surface area contributed by atoms with Crippen LogP contribution in [0, 0.1) is 11.3 Å². The third kappa shape index (κ3) is 47.8. The van der Waals surface area contributed by atoms with E-state index in [0.717, 1.165) is 137 Å². The van der Waals surface area contributed by atoms with Gasteiger partial charge < -0.3 is 89.1 Å². The number of hydrogen-bond acceptors (Lipinski definition) is 21. The number of likely N-dealkylation sites (N-methyl/N-ethyl adjacent to an activating group) is 2. The second kappa shape index (κ2) is 68.2. The largest absolute Gasteiger partial charge is 1.00 e. The van der Waals surface area contributed by atoms with Gasteiger partial charge in [-0.3, -0.25) is 0 Å². The SMILES string of the molecule is BrCCOCCBr.CC#N.CCCCO.CI.CN(CCO)CCOCCN(c1ccc(C(F)(F)F)cc1)c1nc(-c2cccc(Cl)c2)cs1.C[N+](C)(CCO)CCOCCN(c1ccc(C(F)(F)F)cc1)c1nc(-c2cccc(Cl)c2)cs1.FC(F)(F)c1ccc(N(CCOCCBr)c2nc(-c3cccc(Cl)c3)cs2)cc1.FC(F)(F)c1ccc(Nc2nc(-c3cccc(Cl)c3)cs2)cc1.[H-].[I-].[Na+]. The molecule has 0 saturated carbocycles. The zero-order valence-corrected chi connectivity index (χ0v) is 93.4. The van der Waals surface area contributed by atoms with Gasteiger partial charge in [-0.05, 0) is 164 Å². The van der Waals surface area contributed by atoms with E-state index < -0.39 is 47.0 Å². The molecular formula is C94H105Br3Cl4F12I2N11NaO7S4. The van der Waals surface area contributed by atoms with Crippen molar-refractivity contribution in [1.29, 1.82) is 5.26 Å². The number of ether oxygens (including phenoxy) is 4. The Balaban J connectivity index is 0.000000592. The summed E-state index contributed by atoms with van der Waals surface area (Å²) in [5.74, 6) is 0. The van der Waals surface area contributed by atoms with Crippen molar-refractivity contribution in [2.24, 2.45) is 0 Å². The number of rotatable bonds is 39. The number of aliphatic hydroxyl groups excluding tert-OH is 3. The minimum Gasteiger partial charge on any atom is -1.00 e. The first-order valence-electron chi connectivity index (χ1n) is 41.6. The maximum Gasteiger partial charge on any atom is 1.00 e. The number of quaternary nitrogens is 1. The van der Waals surface area contributed by atoms with Crippen LogP contribution in [0.1, 0.15) is 50.4 Å². The molecule has 4 N–H and O–H groups in total. The van der Waals surface area contributed by atoms with Crippen LogP contribution in [-0.2, 0) is 43.7 Å². The Morgan fingerprint density at radius 2 is 0.717 bits per heavy atom. The third-order valence-electron chi connectivity index (χ3n) is 18.3. The fraction of sp³-hybridized carbons (Fsp3) is 0.351. The molecule has 12 aromatic rings. The zero-order chi connectivity index (χ0) is 100. The van der Waals surface area contributed by atoms with Crippen LogP contribution in [0.25, 0.3) is 45.0 Å². The number of thiazole rings is 4. The first-order chi connectivity index (χ1) is 64.9. The number of anilines is 8. The molecule has 0 aliphatic rings. The average molecular weight is 2520 g/mol. The molecule has 0 fully saturated rings. The van der Waals surface area contributed by atoms with E-state index in [2.05, 4.69) is 92.6 Å². The molecule has 18 nitrogen and oxygen atoms in total. The van der Waals surface area contributed by atoms with E-state index in [9.17, 15) is 52.7 Å². The number of aromatic nitrogens is 4. The first kappa shape index (κ1) is 127. The second-order valence-corrected chi connectivity index (χ2v) is 36.4. The Kier molecular flexibility index (Phi) is 62.8. The number of nitrogens with one attached hydrogen (secondary N) is 1. The Hall–Kier alpha value is -5.17. The minimum absolute atomic E-state index is 0. The van der Waals surface area contributed by atoms with Gasteiger partial charge >= 0.3 is 54.3 Å². The molecule has 4 heterocycles. The van der Waals surface area contributed by atoms with Gasteiger partial charge in [0.15, 0.2) is 20.5 Å². The number of halogens is 21. The molecule has 0 aliphatic heterocycles. The molecule has 0 amide bonds. The van der Waals surface area contributed by atoms with Crippen molar-refractivity contribution < 1.29 is 146 Å². The quantitative estimate of drug-likeness (QED) is 0.00708. The van der Waals surface area contributed by atoms with Crippen LogP contribution < -0.4 is 73.6 Å². The van der Waals surface area contributed by atoms with Gasteiger partial charge in [0.25, 0.3) is 0 Å². The third-order valence-corrected chi connectivity index (χ3v) is 23.6. The van der Waals surface area contributed by atoms with Crippen LogP contribution in [-0.4, -0.2) is 205 Å². The normalized spacial score (nSPS) is 11.1. The molecule has 44 heteroatoms. The van der Waals surface area contributed by atoms with Gasteiger partial charge in [0.05, 0.1) is 131 Å². The summed E-state index contributed by atoms with van der Waals surface area (Å²) in [5, 5.41) is 51.6. The van der Waals surface area contributed by atoms with E-state index in [-0.39, 0.29) is 68.2 Å². The summed E-state index contributed by atoms with van der Waals surface area (Å²) in [6.07, 6.45) is -15.5. The molecule has 4 aromatic heterocycles. The molecule has 12 rings (SSSR count). The molecule has 0 unspecified atom stereocenters. The van der Waals surface area contributed by atoms with Crippen molar-refractivity contribution in [2.75, 3.05) is 181 Å². The monoisotopic (exact) mass is 2510 g/mol. The summed E-state index contributed by atoms with van der Waals surface area (Å²) in [7, 11) is 5.92. The minimum atomic E-state index is -4.40. The molecule has 0 radical (unpaired) electrons. The van der Waals surface area contributed by atoms with E-state index in [4.69, 9.17) is 95.9 Å². The van der Waals surface area contributed by atoms with Crippen molar-refractivity contribution in [3.63, 3.8) is 0 Å². The van der Waals surface area contributed by atoms with Crippen molar-refractivity contribution in [2.45, 2.75) is 51.4 Å². The summed E-state index contributed by atoms with van der Waals surface area (Å²) >= 11 is 41.7. The van der Waals surface area contributed by atoms with E-state index in [1.807, 2.05) is 134 Å². The standard InChI is InChI=1S/C24H28ClF3N3O2S.C23H25ClF3N3O2S.C20H17BrClF3N2OS.C16H10ClF3N2S.C4H8Br2O.C4H10O.C2H3N.CH3I.HI.Na.H/c1-31(2,11-13-32)12-15-33-14-10-30(21-8-6-19(7-9-21)24(26,27)28)23-29-22(17-34-23)18-4-3-5-20(25)16-18;1-29(9-12-31)10-13-32-14-11-30(20-7-5-18(6-8-20)23(25,26)27)22-28-21(16-33-22)17-3-2-4-19(24)15-17;21-8-10-28-11-9-27(17-6-4-15(5-7-17)20(23,24)25)19-26-18(13-29-19)14-2-1-3-16(22)12-14;17-12-3-1-2-10(8-12)14-9-23-15(22-14)21-13-6-4-11(5-7-13)16(18,19)20;5-1-3-7-4-2-6;1-2-3-4-5;1-2-3;1-2;;;/h3-9,16-17,32H,10-15H2,1-2H3;2-8,15-16,31H,9-14H2,1H3;1-7,12-13H,8-11H2;1-9H,(H,21,22);1-4H2;5H,2-4H2,1H3;1H3;1H3;1H;;/q+1;;;;;;;;;+1;-1/p-1. The molecule has 0 aliphatic carbocycles. The number of alkyl halides is 16. The Morgan fingerprint density at radius 1 is 0.428 bits per heavy atom. The van der Waals surface area contributed by atoms with E-state index in [1.54, 1.807) is 36.4 Å². The van der Waals surface area contributed by atoms with Crippen LogP contribution in [0.2, 0.25) is 20.1 Å². The Labute approximate surface area is 913 Å². The van der Waals surface area contributed by atoms with Crippen LogP contribution in [0.3, 0.4) is 0 Å². The zero-order valence-electron chi connectivity index (χ0n) is 77.1. The van der Waals surface area contributed by atoms with Gasteiger partial charge in [-0.15, -0.1) is 45.3 Å². The predicted octanol–water partition coefficient (Wildman–Crippen LogP) is 22.8. The van der Waals surface area contributed by atoms with E-state index >= 15 is 0 Å². The van der Waals surface area contributed by atoms with Gasteiger partial charge in [-0.25, -0.2) is 19.9 Å². The smallest absolute Gasteiger partial charge is 1.00 e. The van der Waals surface area contributed by atoms with Gasteiger partial charge in [-0.1, -0.05) is 179 Å². The Morgan fingerprint density at radius 3 is 1.00 bits per heavy atom. The van der Waals surface area contributed by atoms with Crippen molar-refractivity contribution in [1.82, 2.24) is 24.8 Å². The summed E-state index contributed by atoms with van der Waals surface area (Å²) < 4.78 is 177. The van der Waals surface area contributed by atoms with Gasteiger partial charge in [-0.2, -0.15) is 57.9 Å².